The molecule has 4 saturated heterocycles. The minimum Gasteiger partial charge on any atom is -1.00 e. The number of rotatable bonds is 14. The second kappa shape index (κ2) is 42.0. The number of anilines is 2. The molecule has 8 aromatic rings. The number of halogens is 4. The Balaban J connectivity index is 0.000000227. The van der Waals surface area contributed by atoms with Crippen molar-refractivity contribution in [3.8, 4) is 0 Å². The average molecular weight is 1800 g/mol. The molecular formula is C79H97B2F4N16O27. The lowest BCUT2D eigenvalue weighted by Gasteiger charge is -2.34. The van der Waals surface area contributed by atoms with E-state index in [1.165, 1.54) is 107 Å². The molecule has 8 N–H and O–H groups in total. The molecule has 8 aromatic heterocycles. The molecule has 0 saturated carbocycles. The number of aliphatic hydroxyl groups excluding tert-OH is 4. The van der Waals surface area contributed by atoms with Crippen LogP contribution in [-0.2, 0) is 90.0 Å². The van der Waals surface area contributed by atoms with Gasteiger partial charge in [-0.3, -0.25) is 51.3 Å². The zero-order valence-corrected chi connectivity index (χ0v) is 70.2. The first-order valence-electron chi connectivity index (χ1n) is 37.7. The summed E-state index contributed by atoms with van der Waals surface area (Å²) >= 11 is 0. The van der Waals surface area contributed by atoms with Gasteiger partial charge in [-0.1, -0.05) is 14.9 Å². The minimum atomic E-state index is -3.67. The maximum absolute atomic E-state index is 12.1. The van der Waals surface area contributed by atoms with Gasteiger partial charge >= 0.3 is 43.4 Å². The fourth-order valence-corrected chi connectivity index (χ4v) is 14.9. The van der Waals surface area contributed by atoms with Crippen LogP contribution in [0.5, 0.6) is 0 Å². The third-order valence-electron chi connectivity index (χ3n) is 20.0. The van der Waals surface area contributed by atoms with Crippen LogP contribution in [0.4, 0.5) is 47.9 Å². The first-order chi connectivity index (χ1) is 58.6. The third-order valence-corrected chi connectivity index (χ3v) is 20.0. The Labute approximate surface area is 729 Å². The molecule has 3 radical (unpaired) electrons. The molecule has 0 aliphatic carbocycles. The number of nitrogens with one attached hydrogen (secondary N) is 2. The van der Waals surface area contributed by atoms with Crippen LogP contribution >= 0.6 is 0 Å². The van der Waals surface area contributed by atoms with E-state index >= 15 is 0 Å². The van der Waals surface area contributed by atoms with Gasteiger partial charge in [-0.25, -0.2) is 29.9 Å². The highest BCUT2D eigenvalue weighted by molar-refractivity contribution is 6.33. The van der Waals surface area contributed by atoms with Crippen LogP contribution in [0.1, 0.15) is 120 Å². The van der Waals surface area contributed by atoms with Crippen molar-refractivity contribution < 1.29 is 138 Å². The molecule has 0 bridgehead atoms. The second-order valence-electron chi connectivity index (χ2n) is 29.7. The van der Waals surface area contributed by atoms with Gasteiger partial charge in [0.1, 0.15) is 130 Å². The highest BCUT2D eigenvalue weighted by atomic mass is 19.4. The van der Waals surface area contributed by atoms with Gasteiger partial charge in [0, 0.05) is 121 Å². The lowest BCUT2D eigenvalue weighted by atomic mass is 9.95. The van der Waals surface area contributed by atoms with E-state index in [1.54, 1.807) is 87.3 Å². The van der Waals surface area contributed by atoms with Gasteiger partial charge in [-0.05, 0) is 52.0 Å². The topological polar surface area (TPSA) is 542 Å². The first kappa shape index (κ1) is 103. The average Bonchev–Trinajstić information content (AvgIpc) is 1.57. The summed E-state index contributed by atoms with van der Waals surface area (Å²) in [5, 5.41) is 70.0. The van der Waals surface area contributed by atoms with Gasteiger partial charge in [-0.2, -0.15) is 20.0 Å². The second-order valence-corrected chi connectivity index (χ2v) is 29.7. The number of ether oxygens (including phenoxy) is 12. The SMILES string of the molecule is C.C.CC(=O)OC[C@H]1OC(n2cc3ccc(=O)nc4c3c2N=CN4)[C@](C)(OC(C)=O)[C@@H]1OC(C)=O.COC1=Nc2ncnc3c2c(cn3C2O[C@H](CO)[C@@H](O)[C@@]2(C)O)C=C1.COC1=Nc2ncnc3c2c(cn3C2O[C@H](COC(C)=O)[C@@H](OC(C)=O)[C@@]2(C)OC(C)=O)C=C1.C[C@]1(O)C(n2cc3ccc(=O)nc4c3c2N=CN4)O[C@H](CO)[C@H]1O.C[O+](C)C.FB(F)F.[B].[F-]. The number of nitrogens with zero attached hydrogens (tertiary/aromatic N) is 14. The molecule has 0 amide bonds. The highest BCUT2D eigenvalue weighted by Gasteiger charge is 2.62. The molecule has 43 nitrogen and oxygen atoms in total. The Morgan fingerprint density at radius 2 is 0.859 bits per heavy atom. The van der Waals surface area contributed by atoms with Crippen molar-refractivity contribution in [3.63, 3.8) is 0 Å². The Hall–Kier alpha value is -12.5. The molecule has 0 aromatic carbocycles. The quantitative estimate of drug-likeness (QED) is 0.0253. The van der Waals surface area contributed by atoms with Gasteiger partial charge in [0.2, 0.25) is 11.8 Å². The van der Waals surface area contributed by atoms with Crippen LogP contribution < -0.4 is 26.5 Å². The van der Waals surface area contributed by atoms with Crippen molar-refractivity contribution >= 4 is 167 Å². The van der Waals surface area contributed by atoms with Crippen molar-refractivity contribution in [1.82, 2.24) is 48.2 Å². The number of aliphatic hydroxyl groups is 6. The molecule has 49 heteroatoms. The molecule has 4 fully saturated rings. The Morgan fingerprint density at radius 3 is 1.20 bits per heavy atom. The number of aliphatic imine (C=N–C) groups is 4. The maximum Gasteiger partial charge on any atom is 0.762 e. The summed E-state index contributed by atoms with van der Waals surface area (Å²) in [4.78, 5) is 137. The van der Waals surface area contributed by atoms with Gasteiger partial charge in [0.15, 0.2) is 60.0 Å². The number of carbonyl (C=O) groups is 6. The normalized spacial score (nSPS) is 25.8. The zero-order chi connectivity index (χ0) is 90.5. The number of hydrogen-bond acceptors (Lipinski definition) is 38. The molecule has 128 heavy (non-hydrogen) atoms. The van der Waals surface area contributed by atoms with Crippen LogP contribution in [0.15, 0.2) is 103 Å². The van der Waals surface area contributed by atoms with E-state index in [9.17, 15) is 81.9 Å². The molecule has 16 heterocycles. The summed E-state index contributed by atoms with van der Waals surface area (Å²) in [6.45, 7) is 12.2. The summed E-state index contributed by atoms with van der Waals surface area (Å²) in [6, 6.07) is 5.86. The van der Waals surface area contributed by atoms with Crippen molar-refractivity contribution in [1.29, 1.82) is 0 Å². The van der Waals surface area contributed by atoms with E-state index in [-0.39, 0.29) is 46.7 Å². The number of methoxy groups -OCH3 is 2. The first-order valence-corrected chi connectivity index (χ1v) is 37.7. The van der Waals surface area contributed by atoms with Crippen molar-refractivity contribution in [3.05, 3.63) is 106 Å². The van der Waals surface area contributed by atoms with Gasteiger partial charge in [-0.15, -0.1) is 0 Å². The number of hydrogen-bond donors (Lipinski definition) is 8. The molecule has 8 aliphatic heterocycles. The molecule has 8 aliphatic rings. The standard InChI is InChI=1S/C22H24N4O8.C21H22N4O8.C16H18N4O5.C15H16N4O5.C3H9O.2CH4.BF3.B.FH/c1-11(27)31-9-15-18(32-12(2)28)22(4,34-13(3)29)21(33-15)26-8-14-6-7-16(30-5)25-19-17(14)20(26)24-10-23-19;1-10(26)30-8-14-17(31-11(2)27)21(4,33-12(3)28)20(32-14)25-7-13-5-6-15(29)24-18-16(13)19(25)23-9-22-18;1-16(23)12(22)9(6-21)25-15(16)20-5-8-3-4-10(24-2)19-13-11(8)14(20)18-7-17-13;1-15(23)11(22)8(5-20)24-14(15)19-4-7-2-3-9(21)18-12-10(7)13(19)17-6-16-12;1-4(2)3;;;2-1(3)4;;/h6-8,10,15,18,21H,9H2,1-5H3;5-7,9,14,17,20H,8H2,1-4H3,(H,22,23,24,29);3-5,7,9,12,15,21-23H,6H2,1-2H3;2-4,6,8,11,14,20,22-23H,5H2,1H3,(H,16,17,18,21);1-3H3;2*1H4;;;1H/q;;;;+1;;;;;/p-1/t15-,18-,21?,22-;14-,17-,20?,21-;9-,12-,15?,16-;8-,11-,14?,15-;;;;;;/m1111....../s1. The molecule has 689 valence electrons. The molecule has 16 atom stereocenters. The van der Waals surface area contributed by atoms with E-state index in [4.69, 9.17) is 56.8 Å². The smallest absolute Gasteiger partial charge is 0.762 e. The fourth-order valence-electron chi connectivity index (χ4n) is 14.9. The highest BCUT2D eigenvalue weighted by Crippen LogP contribution is 2.51. The summed E-state index contributed by atoms with van der Waals surface area (Å²) < 4.78 is 105. The van der Waals surface area contributed by atoms with Crippen LogP contribution in [-0.4, -0.2) is 288 Å². The third kappa shape index (κ3) is 21.4. The van der Waals surface area contributed by atoms with Crippen molar-refractivity contribution in [2.24, 2.45) is 20.0 Å². The van der Waals surface area contributed by atoms with E-state index in [1.807, 2.05) is 27.4 Å². The van der Waals surface area contributed by atoms with Crippen LogP contribution in [0.3, 0.4) is 0 Å². The fraction of sp³-hybridized carbons (Fsp3) is 0.468. The Kier molecular flexibility index (Phi) is 33.7. The summed E-state index contributed by atoms with van der Waals surface area (Å²) in [7, 11) is 5.12. The van der Waals surface area contributed by atoms with Crippen LogP contribution in [0.2, 0.25) is 0 Å². The largest absolute Gasteiger partial charge is 1.00 e. The predicted molar refractivity (Wildman–Crippen MR) is 452 cm³/mol. The van der Waals surface area contributed by atoms with Gasteiger partial charge in [0.05, 0.1) is 61.7 Å². The Morgan fingerprint density at radius 1 is 0.516 bits per heavy atom. The number of esters is 6. The molecule has 4 unspecified atom stereocenters. The minimum absolute atomic E-state index is 0. The molecule has 16 rings (SSSR count). The Bertz CT molecular complexity index is 5740. The van der Waals surface area contributed by atoms with E-state index in [2.05, 4.69) is 64.9 Å². The van der Waals surface area contributed by atoms with Crippen LogP contribution in [0.25, 0.3) is 55.8 Å². The predicted octanol–water partition coefficient (Wildman–Crippen LogP) is 1.87. The monoisotopic (exact) mass is 1800 g/mol. The van der Waals surface area contributed by atoms with E-state index in [0.717, 1.165) is 11.1 Å². The number of aromatic nitrogens is 10. The summed E-state index contributed by atoms with van der Waals surface area (Å²) in [6.07, 6.45) is 7.16. The maximum atomic E-state index is 12.1. The van der Waals surface area contributed by atoms with Crippen LogP contribution in [0, 0.1) is 0 Å². The van der Waals surface area contributed by atoms with E-state index < -0.39 is 158 Å². The van der Waals surface area contributed by atoms with Gasteiger partial charge in [0.25, 0.3) is 11.1 Å². The molecule has 0 spiro atoms. The van der Waals surface area contributed by atoms with Gasteiger partial charge < -0.3 is 125 Å². The summed E-state index contributed by atoms with van der Waals surface area (Å²) in [5.41, 5.74) is -4.58. The zero-order valence-electron chi connectivity index (χ0n) is 70.2. The molecular weight excluding hydrogens is 1700 g/mol. The number of carbonyl (C=O) groups excluding carboxylic acids is 6. The lowest BCUT2D eigenvalue weighted by Crippen LogP contribution is -3.00. The van der Waals surface area contributed by atoms with Crippen molar-refractivity contribution in [2.75, 3.05) is 72.6 Å². The lowest BCUT2D eigenvalue weighted by molar-refractivity contribution is -0.184. The van der Waals surface area contributed by atoms with E-state index in [0.29, 0.717) is 90.3 Å². The summed E-state index contributed by atoms with van der Waals surface area (Å²) in [5.74, 6) is -0.426. The van der Waals surface area contributed by atoms with Crippen molar-refractivity contribution in [2.45, 2.75) is 180 Å².